The molecule has 0 spiro atoms. The summed E-state index contributed by atoms with van der Waals surface area (Å²) in [7, 11) is 0. The van der Waals surface area contributed by atoms with Gasteiger partial charge in [-0.25, -0.2) is 0 Å². The Balaban J connectivity index is 2.29. The topological polar surface area (TPSA) is 29.1 Å². The molecule has 0 aliphatic rings. The van der Waals surface area contributed by atoms with Gasteiger partial charge in [0.15, 0.2) is 0 Å². The van der Waals surface area contributed by atoms with Gasteiger partial charge in [0, 0.05) is 23.0 Å². The molecular formula is C12H15Cl2NO. The molecule has 0 unspecified atom stereocenters. The van der Waals surface area contributed by atoms with Crippen LogP contribution >= 0.6 is 23.2 Å². The Hall–Kier alpha value is -0.570. The summed E-state index contributed by atoms with van der Waals surface area (Å²) in [6.07, 6.45) is 1.42. The van der Waals surface area contributed by atoms with Gasteiger partial charge in [0.2, 0.25) is 0 Å². The maximum absolute atomic E-state index is 10.7. The van der Waals surface area contributed by atoms with Crippen molar-refractivity contribution in [1.29, 1.82) is 0 Å². The summed E-state index contributed by atoms with van der Waals surface area (Å²) >= 11 is 11.8. The van der Waals surface area contributed by atoms with Crippen molar-refractivity contribution in [3.05, 3.63) is 33.8 Å². The molecule has 0 heterocycles. The Morgan fingerprint density at radius 3 is 2.69 bits per heavy atom. The molecular weight excluding hydrogens is 245 g/mol. The molecule has 0 radical (unpaired) electrons. The van der Waals surface area contributed by atoms with Crippen LogP contribution in [0.25, 0.3) is 0 Å². The minimum Gasteiger partial charge on any atom is -0.316 e. The summed E-state index contributed by atoms with van der Waals surface area (Å²) < 4.78 is 0. The first-order valence-corrected chi connectivity index (χ1v) is 5.99. The van der Waals surface area contributed by atoms with Crippen molar-refractivity contribution in [2.24, 2.45) is 0 Å². The number of hydrogen-bond donors (Lipinski definition) is 1. The maximum Gasteiger partial charge on any atom is 0.131 e. The Morgan fingerprint density at radius 1 is 1.31 bits per heavy atom. The van der Waals surface area contributed by atoms with Gasteiger partial charge in [-0.05, 0) is 37.6 Å². The van der Waals surface area contributed by atoms with Crippen molar-refractivity contribution in [2.45, 2.75) is 19.8 Å². The van der Waals surface area contributed by atoms with Crippen LogP contribution in [0.2, 0.25) is 10.0 Å². The molecule has 1 aromatic rings. The molecule has 0 fully saturated rings. The second kappa shape index (κ2) is 6.89. The normalized spacial score (nSPS) is 10.4. The zero-order valence-corrected chi connectivity index (χ0v) is 10.7. The third-order valence-electron chi connectivity index (χ3n) is 2.24. The second-order valence-electron chi connectivity index (χ2n) is 3.69. The Labute approximate surface area is 106 Å². The zero-order chi connectivity index (χ0) is 12.0. The molecule has 2 nitrogen and oxygen atoms in total. The predicted octanol–water partition coefficient (Wildman–Crippen LogP) is 3.10. The van der Waals surface area contributed by atoms with E-state index in [1.165, 1.54) is 0 Å². The number of Topliss-reactive ketones (excluding diaryl/α,β-unsaturated/α-hetero) is 1. The second-order valence-corrected chi connectivity index (χ2v) is 4.53. The van der Waals surface area contributed by atoms with E-state index >= 15 is 0 Å². The third kappa shape index (κ3) is 4.97. The van der Waals surface area contributed by atoms with Crippen LogP contribution in [-0.2, 0) is 11.2 Å². The van der Waals surface area contributed by atoms with Crippen LogP contribution in [0.1, 0.15) is 18.9 Å². The summed E-state index contributed by atoms with van der Waals surface area (Å²) in [5, 5.41) is 4.54. The lowest BCUT2D eigenvalue weighted by atomic mass is 10.1. The number of carbonyl (C=O) groups excluding carboxylic acids is 1. The highest BCUT2D eigenvalue weighted by Gasteiger charge is 2.00. The van der Waals surface area contributed by atoms with Crippen LogP contribution in [0, 0.1) is 0 Å². The Bertz CT molecular complexity index is 366. The molecule has 1 aromatic carbocycles. The average Bonchev–Trinajstić information content (AvgIpc) is 2.20. The number of halogens is 2. The van der Waals surface area contributed by atoms with E-state index in [0.29, 0.717) is 16.5 Å². The molecule has 0 saturated carbocycles. The van der Waals surface area contributed by atoms with Gasteiger partial charge in [-0.2, -0.15) is 0 Å². The van der Waals surface area contributed by atoms with Gasteiger partial charge in [0.05, 0.1) is 0 Å². The van der Waals surface area contributed by atoms with E-state index in [1.54, 1.807) is 13.0 Å². The van der Waals surface area contributed by atoms with Crippen molar-refractivity contribution in [3.8, 4) is 0 Å². The van der Waals surface area contributed by atoms with Gasteiger partial charge in [0.1, 0.15) is 5.78 Å². The monoisotopic (exact) mass is 259 g/mol. The van der Waals surface area contributed by atoms with Crippen molar-refractivity contribution >= 4 is 29.0 Å². The molecule has 0 atom stereocenters. The summed E-state index contributed by atoms with van der Waals surface area (Å²) in [5.41, 5.74) is 1.07. The number of nitrogens with one attached hydrogen (secondary N) is 1. The lowest BCUT2D eigenvalue weighted by molar-refractivity contribution is -0.116. The van der Waals surface area contributed by atoms with Crippen LogP contribution in [0.3, 0.4) is 0 Å². The van der Waals surface area contributed by atoms with Crippen molar-refractivity contribution in [2.75, 3.05) is 13.1 Å². The van der Waals surface area contributed by atoms with E-state index in [1.807, 2.05) is 12.1 Å². The van der Waals surface area contributed by atoms with Crippen molar-refractivity contribution < 1.29 is 4.79 Å². The standard InChI is InChI=1S/C12H15Cl2NO/c1-9(16)4-6-15-7-5-10-2-3-11(13)8-12(10)14/h2-3,8,15H,4-7H2,1H3. The number of carbonyl (C=O) groups is 1. The van der Waals surface area contributed by atoms with Gasteiger partial charge in [0.25, 0.3) is 0 Å². The molecule has 0 aliphatic heterocycles. The molecule has 88 valence electrons. The molecule has 0 saturated heterocycles. The van der Waals surface area contributed by atoms with E-state index in [-0.39, 0.29) is 5.78 Å². The highest BCUT2D eigenvalue weighted by molar-refractivity contribution is 6.35. The van der Waals surface area contributed by atoms with Crippen LogP contribution < -0.4 is 5.32 Å². The average molecular weight is 260 g/mol. The van der Waals surface area contributed by atoms with Crippen LogP contribution in [0.4, 0.5) is 0 Å². The third-order valence-corrected chi connectivity index (χ3v) is 2.83. The fourth-order valence-electron chi connectivity index (χ4n) is 1.34. The molecule has 0 aromatic heterocycles. The SMILES string of the molecule is CC(=O)CCNCCc1ccc(Cl)cc1Cl. The van der Waals surface area contributed by atoms with Crippen LogP contribution in [-0.4, -0.2) is 18.9 Å². The highest BCUT2D eigenvalue weighted by Crippen LogP contribution is 2.20. The van der Waals surface area contributed by atoms with Crippen LogP contribution in [0.15, 0.2) is 18.2 Å². The van der Waals surface area contributed by atoms with E-state index in [9.17, 15) is 4.79 Å². The van der Waals surface area contributed by atoms with Gasteiger partial charge in [-0.15, -0.1) is 0 Å². The number of ketones is 1. The first-order chi connectivity index (χ1) is 7.59. The fraction of sp³-hybridized carbons (Fsp3) is 0.417. The minimum absolute atomic E-state index is 0.206. The lowest BCUT2D eigenvalue weighted by Gasteiger charge is -2.06. The smallest absolute Gasteiger partial charge is 0.131 e. The van der Waals surface area contributed by atoms with Gasteiger partial charge < -0.3 is 5.32 Å². The minimum atomic E-state index is 0.206. The number of rotatable bonds is 6. The quantitative estimate of drug-likeness (QED) is 0.796. The molecule has 1 N–H and O–H groups in total. The summed E-state index contributed by atoms with van der Waals surface area (Å²) in [6.45, 7) is 3.13. The summed E-state index contributed by atoms with van der Waals surface area (Å²) in [4.78, 5) is 10.7. The van der Waals surface area contributed by atoms with Crippen molar-refractivity contribution in [1.82, 2.24) is 5.32 Å². The number of benzene rings is 1. The van der Waals surface area contributed by atoms with Gasteiger partial charge in [-0.1, -0.05) is 29.3 Å². The van der Waals surface area contributed by atoms with E-state index in [0.717, 1.165) is 25.1 Å². The summed E-state index contributed by atoms with van der Waals surface area (Å²) in [5.74, 6) is 0.206. The Morgan fingerprint density at radius 2 is 2.06 bits per heavy atom. The summed E-state index contributed by atoms with van der Waals surface area (Å²) in [6, 6.07) is 5.50. The van der Waals surface area contributed by atoms with Gasteiger partial charge >= 0.3 is 0 Å². The zero-order valence-electron chi connectivity index (χ0n) is 9.22. The molecule has 0 amide bonds. The first kappa shape index (κ1) is 13.5. The van der Waals surface area contributed by atoms with Gasteiger partial charge in [-0.3, -0.25) is 4.79 Å². The fourth-order valence-corrected chi connectivity index (χ4v) is 1.84. The highest BCUT2D eigenvalue weighted by atomic mass is 35.5. The molecule has 1 rings (SSSR count). The van der Waals surface area contributed by atoms with Crippen LogP contribution in [0.5, 0.6) is 0 Å². The predicted molar refractivity (Wildman–Crippen MR) is 68.3 cm³/mol. The lowest BCUT2D eigenvalue weighted by Crippen LogP contribution is -2.20. The van der Waals surface area contributed by atoms with E-state index in [2.05, 4.69) is 5.32 Å². The first-order valence-electron chi connectivity index (χ1n) is 5.23. The molecule has 0 aliphatic carbocycles. The maximum atomic E-state index is 10.7. The molecule has 4 heteroatoms. The van der Waals surface area contributed by atoms with Crippen molar-refractivity contribution in [3.63, 3.8) is 0 Å². The largest absolute Gasteiger partial charge is 0.316 e. The van der Waals surface area contributed by atoms with E-state index in [4.69, 9.17) is 23.2 Å². The number of hydrogen-bond acceptors (Lipinski definition) is 2. The Kier molecular flexibility index (Phi) is 5.81. The van der Waals surface area contributed by atoms with E-state index < -0.39 is 0 Å². The molecule has 16 heavy (non-hydrogen) atoms. The molecule has 0 bridgehead atoms.